The van der Waals surface area contributed by atoms with Crippen molar-refractivity contribution < 1.29 is 14.3 Å². The van der Waals surface area contributed by atoms with E-state index in [1.165, 1.54) is 25.3 Å². The predicted molar refractivity (Wildman–Crippen MR) is 81.5 cm³/mol. The van der Waals surface area contributed by atoms with E-state index in [0.29, 0.717) is 12.8 Å². The summed E-state index contributed by atoms with van der Waals surface area (Å²) < 4.78 is 5.03. The number of H-pyrrole nitrogens is 1. The van der Waals surface area contributed by atoms with E-state index < -0.39 is 29.1 Å². The number of nitrogens with zero attached hydrogens (tertiary/aromatic N) is 1. The molecule has 1 aromatic heterocycles. The van der Waals surface area contributed by atoms with Crippen LogP contribution in [0.5, 0.6) is 0 Å². The fourth-order valence-corrected chi connectivity index (χ4v) is 2.62. The summed E-state index contributed by atoms with van der Waals surface area (Å²) in [5, 5.41) is 12.0. The van der Waals surface area contributed by atoms with Crippen molar-refractivity contribution in [3.8, 4) is 6.07 Å². The number of hydrogen-bond donors (Lipinski definition) is 2. The van der Waals surface area contributed by atoms with Crippen LogP contribution in [0.2, 0.25) is 0 Å². The molecule has 23 heavy (non-hydrogen) atoms. The largest absolute Gasteiger partial charge is 0.449 e. The third-order valence-electron chi connectivity index (χ3n) is 3.97. The highest BCUT2D eigenvalue weighted by atomic mass is 16.5. The second-order valence-electron chi connectivity index (χ2n) is 5.70. The molecule has 0 saturated heterocycles. The van der Waals surface area contributed by atoms with Gasteiger partial charge < -0.3 is 15.0 Å². The highest BCUT2D eigenvalue weighted by molar-refractivity contribution is 5.92. The number of amides is 1. The van der Waals surface area contributed by atoms with Crippen LogP contribution < -0.4 is 10.9 Å². The molecule has 0 radical (unpaired) electrons. The van der Waals surface area contributed by atoms with E-state index in [-0.39, 0.29) is 5.56 Å². The minimum Gasteiger partial charge on any atom is -0.449 e. The van der Waals surface area contributed by atoms with Crippen molar-refractivity contribution in [3.05, 3.63) is 34.2 Å². The first-order valence-electron chi connectivity index (χ1n) is 7.59. The fraction of sp³-hybridized carbons (Fsp3) is 0.500. The van der Waals surface area contributed by atoms with Gasteiger partial charge in [-0.05, 0) is 31.9 Å². The number of carbonyl (C=O) groups is 2. The molecule has 1 saturated carbocycles. The van der Waals surface area contributed by atoms with Crippen molar-refractivity contribution in [2.24, 2.45) is 0 Å². The molecule has 2 N–H and O–H groups in total. The number of nitrogens with one attached hydrogen (secondary N) is 2. The highest BCUT2D eigenvalue weighted by Gasteiger charge is 2.35. The summed E-state index contributed by atoms with van der Waals surface area (Å²) in [5.74, 6) is -1.40. The molecule has 122 valence electrons. The summed E-state index contributed by atoms with van der Waals surface area (Å²) in [7, 11) is 0. The lowest BCUT2D eigenvalue weighted by Gasteiger charge is -2.32. The Hall–Kier alpha value is -2.62. The Balaban J connectivity index is 2.00. The molecule has 0 bridgehead atoms. The molecule has 1 aromatic rings. The van der Waals surface area contributed by atoms with Gasteiger partial charge in [-0.1, -0.05) is 19.3 Å². The molecule has 0 spiro atoms. The molecule has 1 aliphatic rings. The van der Waals surface area contributed by atoms with Gasteiger partial charge in [0, 0.05) is 6.20 Å². The van der Waals surface area contributed by atoms with Crippen LogP contribution in [0.15, 0.2) is 23.1 Å². The molecule has 1 aliphatic carbocycles. The summed E-state index contributed by atoms with van der Waals surface area (Å²) in [4.78, 5) is 38.0. The highest BCUT2D eigenvalue weighted by Crippen LogP contribution is 2.27. The summed E-state index contributed by atoms with van der Waals surface area (Å²) in [6, 6.07) is 4.99. The van der Waals surface area contributed by atoms with Crippen molar-refractivity contribution in [1.82, 2.24) is 10.3 Å². The SMILES string of the molecule is C[C@H](OC(=O)c1ccc[nH]c1=O)C(=O)NC1(C#N)CCCCC1. The summed E-state index contributed by atoms with van der Waals surface area (Å²) >= 11 is 0. The van der Waals surface area contributed by atoms with E-state index in [1.54, 1.807) is 0 Å². The molecular formula is C16H19N3O4. The predicted octanol–water partition coefficient (Wildman–Crippen LogP) is 1.26. The number of pyridine rings is 1. The Bertz CT molecular complexity index is 683. The maximum Gasteiger partial charge on any atom is 0.344 e. The lowest BCUT2D eigenvalue weighted by Crippen LogP contribution is -2.52. The van der Waals surface area contributed by atoms with E-state index in [0.717, 1.165) is 19.3 Å². The monoisotopic (exact) mass is 317 g/mol. The Morgan fingerprint density at radius 2 is 2.09 bits per heavy atom. The minimum atomic E-state index is -1.09. The molecule has 0 aromatic carbocycles. The van der Waals surface area contributed by atoms with Crippen molar-refractivity contribution in [2.75, 3.05) is 0 Å². The molecule has 7 nitrogen and oxygen atoms in total. The number of esters is 1. The van der Waals surface area contributed by atoms with Crippen LogP contribution in [0.3, 0.4) is 0 Å². The summed E-state index contributed by atoms with van der Waals surface area (Å²) in [6.07, 6.45) is 4.29. The molecule has 0 aliphatic heterocycles. The Labute approximate surface area is 133 Å². The lowest BCUT2D eigenvalue weighted by molar-refractivity contribution is -0.130. The number of rotatable bonds is 4. The summed E-state index contributed by atoms with van der Waals surface area (Å²) in [6.45, 7) is 1.41. The number of hydrogen-bond acceptors (Lipinski definition) is 5. The average molecular weight is 317 g/mol. The zero-order chi connectivity index (χ0) is 16.9. The van der Waals surface area contributed by atoms with E-state index in [2.05, 4.69) is 16.4 Å². The zero-order valence-electron chi connectivity index (χ0n) is 12.9. The van der Waals surface area contributed by atoms with Crippen LogP contribution in [0.1, 0.15) is 49.4 Å². The Morgan fingerprint density at radius 3 is 2.70 bits per heavy atom. The van der Waals surface area contributed by atoms with Gasteiger partial charge in [0.15, 0.2) is 6.10 Å². The smallest absolute Gasteiger partial charge is 0.344 e. The van der Waals surface area contributed by atoms with Gasteiger partial charge in [-0.3, -0.25) is 9.59 Å². The van der Waals surface area contributed by atoms with E-state index in [1.807, 2.05) is 0 Å². The van der Waals surface area contributed by atoms with Crippen LogP contribution in [-0.4, -0.2) is 28.5 Å². The van der Waals surface area contributed by atoms with Gasteiger partial charge in [0.05, 0.1) is 6.07 Å². The topological polar surface area (TPSA) is 112 Å². The molecule has 2 rings (SSSR count). The molecular weight excluding hydrogens is 298 g/mol. The molecule has 1 heterocycles. The maximum atomic E-state index is 12.2. The van der Waals surface area contributed by atoms with Gasteiger partial charge in [0.1, 0.15) is 11.1 Å². The van der Waals surface area contributed by atoms with Crippen LogP contribution in [0, 0.1) is 11.3 Å². The summed E-state index contributed by atoms with van der Waals surface area (Å²) in [5.41, 5.74) is -1.63. The zero-order valence-corrected chi connectivity index (χ0v) is 12.9. The van der Waals surface area contributed by atoms with Gasteiger partial charge in [0.2, 0.25) is 0 Å². The third kappa shape index (κ3) is 3.97. The fourth-order valence-electron chi connectivity index (χ4n) is 2.62. The minimum absolute atomic E-state index is 0.167. The standard InChI is InChI=1S/C16H19N3O4/c1-11(23-15(22)12-6-5-9-18-14(12)21)13(20)19-16(10-17)7-3-2-4-8-16/h5-6,9,11H,2-4,7-8H2,1H3,(H,18,21)(H,19,20)/t11-/m0/s1. The third-order valence-corrected chi connectivity index (χ3v) is 3.97. The van der Waals surface area contributed by atoms with E-state index >= 15 is 0 Å². The van der Waals surface area contributed by atoms with E-state index in [9.17, 15) is 19.6 Å². The van der Waals surface area contributed by atoms with Gasteiger partial charge >= 0.3 is 5.97 Å². The first-order chi connectivity index (χ1) is 11.0. The van der Waals surface area contributed by atoms with Crippen LogP contribution >= 0.6 is 0 Å². The number of ether oxygens (including phenoxy) is 1. The lowest BCUT2D eigenvalue weighted by atomic mass is 9.83. The van der Waals surface area contributed by atoms with Crippen molar-refractivity contribution in [3.63, 3.8) is 0 Å². The van der Waals surface area contributed by atoms with E-state index in [4.69, 9.17) is 4.74 Å². The van der Waals surface area contributed by atoms with Crippen molar-refractivity contribution in [1.29, 1.82) is 5.26 Å². The Morgan fingerprint density at radius 1 is 1.39 bits per heavy atom. The number of nitriles is 1. The second kappa shape index (κ2) is 7.09. The quantitative estimate of drug-likeness (QED) is 0.812. The first kappa shape index (κ1) is 16.7. The Kier molecular flexibility index (Phi) is 5.16. The number of aromatic nitrogens is 1. The average Bonchev–Trinajstić information content (AvgIpc) is 2.55. The van der Waals surface area contributed by atoms with Crippen molar-refractivity contribution in [2.45, 2.75) is 50.7 Å². The second-order valence-corrected chi connectivity index (χ2v) is 5.70. The molecule has 1 amide bonds. The molecule has 0 unspecified atom stereocenters. The van der Waals surface area contributed by atoms with Gasteiger partial charge in [-0.15, -0.1) is 0 Å². The van der Waals surface area contributed by atoms with Crippen LogP contribution in [0.25, 0.3) is 0 Å². The maximum absolute atomic E-state index is 12.2. The molecule has 1 atom stereocenters. The normalized spacial score (nSPS) is 17.6. The van der Waals surface area contributed by atoms with Crippen LogP contribution in [-0.2, 0) is 9.53 Å². The molecule has 1 fully saturated rings. The number of carbonyl (C=O) groups excluding carboxylic acids is 2. The molecule has 7 heteroatoms. The van der Waals surface area contributed by atoms with Crippen molar-refractivity contribution >= 4 is 11.9 Å². The number of aromatic amines is 1. The van der Waals surface area contributed by atoms with Gasteiger partial charge in [-0.2, -0.15) is 5.26 Å². The van der Waals surface area contributed by atoms with Gasteiger partial charge in [0.25, 0.3) is 11.5 Å². The van der Waals surface area contributed by atoms with Gasteiger partial charge in [-0.25, -0.2) is 4.79 Å². The van der Waals surface area contributed by atoms with Crippen LogP contribution in [0.4, 0.5) is 0 Å². The first-order valence-corrected chi connectivity index (χ1v) is 7.59.